The number of rotatable bonds is 11. The van der Waals surface area contributed by atoms with E-state index in [4.69, 9.17) is 5.73 Å². The number of carbonyl (C=O) groups excluding carboxylic acids is 2. The van der Waals surface area contributed by atoms with Gasteiger partial charge in [0.25, 0.3) is 0 Å². The quantitative estimate of drug-likeness (QED) is 0.185. The molecule has 2 amide bonds. The van der Waals surface area contributed by atoms with Gasteiger partial charge in [-0.05, 0) is 122 Å². The normalized spacial score (nSPS) is 19.1. The third-order valence-corrected chi connectivity index (χ3v) is 11.4. The minimum atomic E-state index is -3.59. The van der Waals surface area contributed by atoms with Crippen LogP contribution in [0.4, 0.5) is 5.69 Å². The van der Waals surface area contributed by atoms with Gasteiger partial charge in [-0.3, -0.25) is 9.59 Å². The Morgan fingerprint density at radius 2 is 1.73 bits per heavy atom. The lowest BCUT2D eigenvalue weighted by molar-refractivity contribution is -0.130. The lowest BCUT2D eigenvalue weighted by Gasteiger charge is -2.28. The van der Waals surface area contributed by atoms with E-state index < -0.39 is 16.1 Å². The van der Waals surface area contributed by atoms with E-state index in [0.717, 1.165) is 66.3 Å². The van der Waals surface area contributed by atoms with Crippen molar-refractivity contribution < 1.29 is 18.0 Å². The Bertz CT molecular complexity index is 1830. The minimum absolute atomic E-state index is 0.134. The van der Waals surface area contributed by atoms with Gasteiger partial charge in [0.2, 0.25) is 27.7 Å². The lowest BCUT2D eigenvalue weighted by Crippen LogP contribution is -2.48. The number of sulfonamides is 1. The van der Waals surface area contributed by atoms with Gasteiger partial charge in [0.05, 0.1) is 4.90 Å². The van der Waals surface area contributed by atoms with Gasteiger partial charge in [-0.2, -0.15) is 9.52 Å². The Kier molecular flexibility index (Phi) is 10.3. The number of carbonyl (C=O) groups is 2. The summed E-state index contributed by atoms with van der Waals surface area (Å²) >= 11 is 0. The van der Waals surface area contributed by atoms with Gasteiger partial charge in [-0.15, -0.1) is 10.2 Å². The molecule has 252 valence electrons. The van der Waals surface area contributed by atoms with Crippen LogP contribution in [0.3, 0.4) is 0 Å². The summed E-state index contributed by atoms with van der Waals surface area (Å²) in [6.07, 6.45) is 5.25. The van der Waals surface area contributed by atoms with Crippen LogP contribution < -0.4 is 16.4 Å². The van der Waals surface area contributed by atoms with Gasteiger partial charge in [-0.1, -0.05) is 30.3 Å². The second-order valence-electron chi connectivity index (χ2n) is 12.8. The van der Waals surface area contributed by atoms with Crippen LogP contribution in [0.5, 0.6) is 0 Å². The maximum Gasteiger partial charge on any atom is 0.247 e. The van der Waals surface area contributed by atoms with Crippen molar-refractivity contribution in [3.63, 3.8) is 0 Å². The largest absolute Gasteiger partial charge is 0.344 e. The van der Waals surface area contributed by atoms with E-state index in [2.05, 4.69) is 31.3 Å². The van der Waals surface area contributed by atoms with Crippen molar-refractivity contribution in [3.05, 3.63) is 77.9 Å². The van der Waals surface area contributed by atoms with Crippen LogP contribution in [0, 0.1) is 18.8 Å². The number of aromatic amines is 1. The van der Waals surface area contributed by atoms with E-state index in [1.807, 2.05) is 37.3 Å². The van der Waals surface area contributed by atoms with Crippen molar-refractivity contribution >= 4 is 27.5 Å². The number of benzene rings is 3. The maximum absolute atomic E-state index is 13.8. The highest BCUT2D eigenvalue weighted by Crippen LogP contribution is 2.31. The molecule has 6 rings (SSSR count). The summed E-state index contributed by atoms with van der Waals surface area (Å²) in [7, 11) is -3.59. The van der Waals surface area contributed by atoms with Crippen LogP contribution in [-0.4, -0.2) is 70.8 Å². The number of hydrogen-bond acceptors (Lipinski definition) is 8. The molecule has 12 nitrogen and oxygen atoms in total. The number of nitrogens with zero attached hydrogens (tertiary/aromatic N) is 4. The van der Waals surface area contributed by atoms with Crippen molar-refractivity contribution in [1.82, 2.24) is 30.2 Å². The molecule has 1 atom stereocenters. The zero-order valence-corrected chi connectivity index (χ0v) is 27.9. The molecule has 1 saturated heterocycles. The molecular weight excluding hydrogens is 629 g/mol. The molecule has 1 aliphatic heterocycles. The average Bonchev–Trinajstić information content (AvgIpc) is 3.85. The first kappa shape index (κ1) is 33.4. The molecule has 5 N–H and O–H groups in total. The molecule has 4 aromatic rings. The molecule has 0 unspecified atom stereocenters. The highest BCUT2D eigenvalue weighted by molar-refractivity contribution is 7.89. The molecule has 2 heterocycles. The van der Waals surface area contributed by atoms with E-state index >= 15 is 0 Å². The summed E-state index contributed by atoms with van der Waals surface area (Å²) < 4.78 is 28.2. The third-order valence-electron chi connectivity index (χ3n) is 9.53. The molecule has 13 heteroatoms. The molecular formula is C35H42N8O4S. The third kappa shape index (κ3) is 7.64. The number of anilines is 1. The van der Waals surface area contributed by atoms with Crippen LogP contribution in [0.1, 0.15) is 49.7 Å². The molecule has 0 bridgehead atoms. The number of aryl methyl sites for hydroxylation is 1. The van der Waals surface area contributed by atoms with Crippen LogP contribution in [0.15, 0.2) is 71.6 Å². The fraction of sp³-hybridized carbons (Fsp3) is 0.400. The van der Waals surface area contributed by atoms with E-state index in [9.17, 15) is 18.0 Å². The smallest absolute Gasteiger partial charge is 0.247 e. The van der Waals surface area contributed by atoms with Gasteiger partial charge in [0.1, 0.15) is 6.04 Å². The van der Waals surface area contributed by atoms with Crippen LogP contribution >= 0.6 is 0 Å². The fourth-order valence-corrected chi connectivity index (χ4v) is 8.17. The summed E-state index contributed by atoms with van der Waals surface area (Å²) in [6.45, 7) is 3.64. The first-order valence-corrected chi connectivity index (χ1v) is 18.0. The fourth-order valence-electron chi connectivity index (χ4n) is 6.63. The van der Waals surface area contributed by atoms with E-state index in [1.54, 1.807) is 40.7 Å². The summed E-state index contributed by atoms with van der Waals surface area (Å²) in [5.41, 5.74) is 10.6. The molecule has 1 saturated carbocycles. The van der Waals surface area contributed by atoms with Crippen molar-refractivity contribution in [2.24, 2.45) is 17.6 Å². The SMILES string of the molecule is Cc1ccc(S(=O)(=O)N2CCCC2)cc1-c1cccc(C[C@H](NC(=O)C2CCC(CN)CC2)C(=O)Nc2ccc(-c3nn[nH]n3)cc2)c1. The Morgan fingerprint density at radius 1 is 0.979 bits per heavy atom. The van der Waals surface area contributed by atoms with Crippen molar-refractivity contribution in [1.29, 1.82) is 0 Å². The highest BCUT2D eigenvalue weighted by atomic mass is 32.2. The van der Waals surface area contributed by atoms with Gasteiger partial charge in [0.15, 0.2) is 0 Å². The van der Waals surface area contributed by atoms with E-state index in [0.29, 0.717) is 37.1 Å². The molecule has 2 fully saturated rings. The first-order valence-electron chi connectivity index (χ1n) is 16.6. The molecule has 1 aromatic heterocycles. The lowest BCUT2D eigenvalue weighted by atomic mass is 9.81. The summed E-state index contributed by atoms with van der Waals surface area (Å²) in [5, 5.41) is 20.0. The number of aromatic nitrogens is 4. The first-order chi connectivity index (χ1) is 23.2. The molecule has 0 spiro atoms. The summed E-state index contributed by atoms with van der Waals surface area (Å²) in [5.74, 6) is 0.221. The zero-order valence-electron chi connectivity index (χ0n) is 27.1. The van der Waals surface area contributed by atoms with Crippen molar-refractivity contribution in [2.75, 3.05) is 25.0 Å². The van der Waals surface area contributed by atoms with Gasteiger partial charge in [-0.25, -0.2) is 8.42 Å². The highest BCUT2D eigenvalue weighted by Gasteiger charge is 2.30. The van der Waals surface area contributed by atoms with Crippen molar-refractivity contribution in [2.45, 2.75) is 62.8 Å². The topological polar surface area (TPSA) is 176 Å². The Hall–Kier alpha value is -4.46. The average molecular weight is 671 g/mol. The number of amides is 2. The number of hydrogen-bond donors (Lipinski definition) is 4. The second-order valence-corrected chi connectivity index (χ2v) is 14.7. The predicted molar refractivity (Wildman–Crippen MR) is 183 cm³/mol. The summed E-state index contributed by atoms with van der Waals surface area (Å²) in [4.78, 5) is 27.6. The number of tetrazole rings is 1. The number of nitrogens with two attached hydrogens (primary N) is 1. The summed E-state index contributed by atoms with van der Waals surface area (Å²) in [6, 6.07) is 19.2. The zero-order chi connectivity index (χ0) is 33.7. The molecule has 48 heavy (non-hydrogen) atoms. The van der Waals surface area contributed by atoms with Crippen LogP contribution in [0.25, 0.3) is 22.5 Å². The Morgan fingerprint density at radius 3 is 2.42 bits per heavy atom. The van der Waals surface area contributed by atoms with E-state index in [-0.39, 0.29) is 29.0 Å². The number of nitrogens with one attached hydrogen (secondary N) is 3. The van der Waals surface area contributed by atoms with Crippen LogP contribution in [-0.2, 0) is 26.0 Å². The predicted octanol–water partition coefficient (Wildman–Crippen LogP) is 4.06. The van der Waals surface area contributed by atoms with Gasteiger partial charge in [0, 0.05) is 36.7 Å². The molecule has 0 radical (unpaired) electrons. The standard InChI is InChI=1S/C35H42N8O4S/c1-23-7-16-30(48(46,47)43-17-2-3-18-43)21-31(23)28-6-4-5-25(19-28)20-32(38-34(44)27-10-8-24(22-36)9-11-27)35(45)37-29-14-12-26(13-15-29)33-39-41-42-40-33/h4-7,12-16,19,21,24,27,32H,2-3,8-11,17-18,20,22,36H2,1H3,(H,37,45)(H,38,44)(H,39,40,41,42)/t24?,27?,32-/m0/s1. The molecule has 2 aliphatic rings. The minimum Gasteiger partial charge on any atom is -0.344 e. The Balaban J connectivity index is 1.23. The number of H-pyrrole nitrogens is 1. The van der Waals surface area contributed by atoms with Gasteiger partial charge < -0.3 is 16.4 Å². The van der Waals surface area contributed by atoms with Crippen LogP contribution in [0.2, 0.25) is 0 Å². The van der Waals surface area contributed by atoms with E-state index in [1.165, 1.54) is 0 Å². The Labute approximate surface area is 280 Å². The van der Waals surface area contributed by atoms with Crippen molar-refractivity contribution in [3.8, 4) is 22.5 Å². The maximum atomic E-state index is 13.8. The van der Waals surface area contributed by atoms with Gasteiger partial charge >= 0.3 is 0 Å². The second kappa shape index (κ2) is 14.8. The molecule has 3 aromatic carbocycles. The monoisotopic (exact) mass is 670 g/mol. The molecule has 1 aliphatic carbocycles.